The third-order valence-corrected chi connectivity index (χ3v) is 4.06. The summed E-state index contributed by atoms with van der Waals surface area (Å²) >= 11 is 3.90. The van der Waals surface area contributed by atoms with Gasteiger partial charge in [0.1, 0.15) is 18.1 Å². The maximum absolute atomic E-state index is 12.3. The Morgan fingerprint density at radius 2 is 1.59 bits per heavy atom. The van der Waals surface area contributed by atoms with Gasteiger partial charge in [-0.1, -0.05) is 0 Å². The van der Waals surface area contributed by atoms with Crippen molar-refractivity contribution in [3.63, 3.8) is 0 Å². The third kappa shape index (κ3) is 9.56. The Bertz CT molecular complexity index is 521. The quantitative estimate of drug-likeness (QED) is 0.116. The smallest absolute Gasteiger partial charge is 0.328 e. The lowest BCUT2D eigenvalue weighted by Gasteiger charge is -2.23. The van der Waals surface area contributed by atoms with Crippen LogP contribution in [0.3, 0.4) is 0 Å². The van der Waals surface area contributed by atoms with E-state index < -0.39 is 54.5 Å². The number of unbranched alkanes of at least 4 members (excludes halogenated alkanes) is 1. The molecule has 0 saturated carbocycles. The van der Waals surface area contributed by atoms with Crippen molar-refractivity contribution in [3.05, 3.63) is 0 Å². The molecule has 11 nitrogen and oxygen atoms in total. The summed E-state index contributed by atoms with van der Waals surface area (Å²) in [7, 11) is 0. The second-order valence-electron chi connectivity index (χ2n) is 5.95. The molecular formula is C15H29N5O6S. The summed E-state index contributed by atoms with van der Waals surface area (Å²) in [5.74, 6) is -3.27. The molecule has 27 heavy (non-hydrogen) atoms. The van der Waals surface area contributed by atoms with E-state index in [4.69, 9.17) is 21.7 Å². The van der Waals surface area contributed by atoms with Gasteiger partial charge in [0, 0.05) is 5.75 Å². The molecule has 0 spiro atoms. The van der Waals surface area contributed by atoms with Gasteiger partial charge in [0.2, 0.25) is 17.7 Å². The number of nitrogens with two attached hydrogens (primary N) is 2. The van der Waals surface area contributed by atoms with Crippen molar-refractivity contribution in [1.29, 1.82) is 0 Å². The highest BCUT2D eigenvalue weighted by molar-refractivity contribution is 7.80. The van der Waals surface area contributed by atoms with Crippen LogP contribution in [-0.4, -0.2) is 77.0 Å². The molecule has 156 valence electrons. The maximum atomic E-state index is 12.3. The lowest BCUT2D eigenvalue weighted by molar-refractivity contribution is -0.143. The van der Waals surface area contributed by atoms with Crippen LogP contribution in [0.1, 0.15) is 26.2 Å². The molecule has 0 aromatic rings. The van der Waals surface area contributed by atoms with E-state index in [1.165, 1.54) is 6.92 Å². The highest BCUT2D eigenvalue weighted by Crippen LogP contribution is 2.03. The van der Waals surface area contributed by atoms with Crippen LogP contribution in [0.5, 0.6) is 0 Å². The average molecular weight is 407 g/mol. The van der Waals surface area contributed by atoms with Crippen molar-refractivity contribution in [3.8, 4) is 0 Å². The third-order valence-electron chi connectivity index (χ3n) is 3.66. The van der Waals surface area contributed by atoms with Crippen molar-refractivity contribution >= 4 is 36.3 Å². The Morgan fingerprint density at radius 1 is 1.00 bits per heavy atom. The fourth-order valence-electron chi connectivity index (χ4n) is 1.99. The first-order valence-corrected chi connectivity index (χ1v) is 9.12. The fourth-order valence-corrected chi connectivity index (χ4v) is 2.15. The first-order chi connectivity index (χ1) is 12.7. The number of aliphatic hydroxyl groups excluding tert-OH is 1. The number of rotatable bonds is 13. The van der Waals surface area contributed by atoms with E-state index >= 15 is 0 Å². The van der Waals surface area contributed by atoms with Crippen molar-refractivity contribution in [2.75, 3.05) is 18.9 Å². The van der Waals surface area contributed by atoms with Crippen LogP contribution in [0.15, 0.2) is 0 Å². The minimum atomic E-state index is -1.49. The summed E-state index contributed by atoms with van der Waals surface area (Å²) < 4.78 is 0. The molecule has 0 bridgehead atoms. The maximum Gasteiger partial charge on any atom is 0.328 e. The molecule has 0 rings (SSSR count). The van der Waals surface area contributed by atoms with Gasteiger partial charge in [-0.3, -0.25) is 14.4 Å². The van der Waals surface area contributed by atoms with Gasteiger partial charge in [0.05, 0.1) is 12.6 Å². The molecule has 0 aliphatic heterocycles. The minimum absolute atomic E-state index is 0.0992. The molecule has 0 aromatic heterocycles. The van der Waals surface area contributed by atoms with Crippen LogP contribution in [0.2, 0.25) is 0 Å². The number of carbonyl (C=O) groups is 4. The van der Waals surface area contributed by atoms with Crippen molar-refractivity contribution in [2.24, 2.45) is 11.5 Å². The molecule has 4 unspecified atom stereocenters. The predicted octanol–water partition coefficient (Wildman–Crippen LogP) is -3.08. The van der Waals surface area contributed by atoms with Gasteiger partial charge in [-0.15, -0.1) is 0 Å². The van der Waals surface area contributed by atoms with Gasteiger partial charge in [-0.2, -0.15) is 12.6 Å². The summed E-state index contributed by atoms with van der Waals surface area (Å²) in [6.45, 7) is 1.02. The van der Waals surface area contributed by atoms with Crippen LogP contribution in [0.25, 0.3) is 0 Å². The Balaban J connectivity index is 4.96. The zero-order valence-corrected chi connectivity index (χ0v) is 16.1. The summed E-state index contributed by atoms with van der Waals surface area (Å²) in [5.41, 5.74) is 10.9. The number of thiol groups is 1. The van der Waals surface area contributed by atoms with E-state index in [9.17, 15) is 19.2 Å². The van der Waals surface area contributed by atoms with Crippen molar-refractivity contribution in [1.82, 2.24) is 16.0 Å². The molecule has 12 heteroatoms. The van der Waals surface area contributed by atoms with Crippen LogP contribution >= 0.6 is 12.6 Å². The van der Waals surface area contributed by atoms with E-state index in [0.717, 1.165) is 0 Å². The zero-order valence-electron chi connectivity index (χ0n) is 15.2. The minimum Gasteiger partial charge on any atom is -0.480 e. The van der Waals surface area contributed by atoms with Crippen LogP contribution < -0.4 is 27.4 Å². The van der Waals surface area contributed by atoms with Gasteiger partial charge >= 0.3 is 5.97 Å². The van der Waals surface area contributed by atoms with Gasteiger partial charge in [-0.05, 0) is 32.7 Å². The van der Waals surface area contributed by atoms with Crippen molar-refractivity contribution in [2.45, 2.75) is 50.4 Å². The second kappa shape index (κ2) is 13.3. The number of carboxylic acids is 1. The number of carboxylic acid groups (broad SMARTS) is 1. The topological polar surface area (TPSA) is 197 Å². The lowest BCUT2D eigenvalue weighted by Crippen LogP contribution is -2.56. The van der Waals surface area contributed by atoms with E-state index in [1.54, 1.807) is 0 Å². The van der Waals surface area contributed by atoms with Crippen LogP contribution in [-0.2, 0) is 19.2 Å². The Labute approximate surface area is 163 Å². The Kier molecular flexibility index (Phi) is 12.4. The molecule has 0 aliphatic carbocycles. The largest absolute Gasteiger partial charge is 0.480 e. The first-order valence-electron chi connectivity index (χ1n) is 8.49. The summed E-state index contributed by atoms with van der Waals surface area (Å²) in [5, 5.41) is 25.0. The zero-order chi connectivity index (χ0) is 21.0. The van der Waals surface area contributed by atoms with Gasteiger partial charge < -0.3 is 37.6 Å². The molecule has 0 radical (unpaired) electrons. The lowest BCUT2D eigenvalue weighted by atomic mass is 10.1. The monoisotopic (exact) mass is 407 g/mol. The van der Waals surface area contributed by atoms with E-state index in [0.29, 0.717) is 19.4 Å². The Morgan fingerprint density at radius 3 is 2.07 bits per heavy atom. The predicted molar refractivity (Wildman–Crippen MR) is 101 cm³/mol. The standard InChI is InChI=1S/C15H29N5O6S/c1-8(18-13(23)9(17)7-27)12(22)19-10(4-2-3-5-16)14(24)20-11(6-21)15(25)26/h8-11,21,27H,2-7,16-17H2,1H3,(H,18,23)(H,19,22)(H,20,24)(H,25,26). The molecular weight excluding hydrogens is 378 g/mol. The van der Waals surface area contributed by atoms with Crippen LogP contribution in [0, 0.1) is 0 Å². The normalized spacial score (nSPS) is 15.1. The van der Waals surface area contributed by atoms with Gasteiger partial charge in [0.15, 0.2) is 0 Å². The molecule has 0 aromatic carbocycles. The Hall–Kier alpha value is -1.89. The second-order valence-corrected chi connectivity index (χ2v) is 6.31. The molecule has 0 aliphatic rings. The van der Waals surface area contributed by atoms with E-state index in [1.807, 2.05) is 0 Å². The highest BCUT2D eigenvalue weighted by Gasteiger charge is 2.28. The summed E-state index contributed by atoms with van der Waals surface area (Å²) in [6.07, 6.45) is 1.32. The highest BCUT2D eigenvalue weighted by atomic mass is 32.1. The number of nitrogens with one attached hydrogen (secondary N) is 3. The average Bonchev–Trinajstić information content (AvgIpc) is 2.63. The number of hydrogen-bond donors (Lipinski definition) is 8. The molecule has 0 heterocycles. The number of aliphatic carboxylic acids is 1. The number of amides is 3. The molecule has 9 N–H and O–H groups in total. The van der Waals surface area contributed by atoms with E-state index in [-0.39, 0.29) is 12.2 Å². The number of hydrogen-bond acceptors (Lipinski definition) is 8. The number of carbonyl (C=O) groups excluding carboxylic acids is 3. The fraction of sp³-hybridized carbons (Fsp3) is 0.733. The SMILES string of the molecule is CC(NC(=O)C(N)CS)C(=O)NC(CCCCN)C(=O)NC(CO)C(=O)O. The summed E-state index contributed by atoms with van der Waals surface area (Å²) in [4.78, 5) is 47.2. The van der Waals surface area contributed by atoms with Gasteiger partial charge in [-0.25, -0.2) is 4.79 Å². The van der Waals surface area contributed by atoms with Crippen LogP contribution in [0.4, 0.5) is 0 Å². The summed E-state index contributed by atoms with van der Waals surface area (Å²) in [6, 6.07) is -4.39. The molecule has 0 saturated heterocycles. The first kappa shape index (κ1) is 25.1. The number of aliphatic hydroxyl groups is 1. The van der Waals surface area contributed by atoms with Crippen molar-refractivity contribution < 1.29 is 29.4 Å². The molecule has 0 fully saturated rings. The molecule has 3 amide bonds. The van der Waals surface area contributed by atoms with Gasteiger partial charge in [0.25, 0.3) is 0 Å². The molecule has 4 atom stereocenters. The van der Waals surface area contributed by atoms with E-state index in [2.05, 4.69) is 28.6 Å².